The average molecular weight is 264 g/mol. The summed E-state index contributed by atoms with van der Waals surface area (Å²) >= 11 is 0. The van der Waals surface area contributed by atoms with Crippen LogP contribution in [0.25, 0.3) is 0 Å². The maximum absolute atomic E-state index is 12.7. The number of amides is 2. The SMILES string of the molecule is CCC1(CC)NC(=O)CCN(Cc2ccoc2)C1=O. The van der Waals surface area contributed by atoms with Gasteiger partial charge in [-0.3, -0.25) is 9.59 Å². The number of hydrogen-bond acceptors (Lipinski definition) is 3. The molecular weight excluding hydrogens is 244 g/mol. The largest absolute Gasteiger partial charge is 0.472 e. The smallest absolute Gasteiger partial charge is 0.248 e. The molecule has 2 amide bonds. The first-order valence-corrected chi connectivity index (χ1v) is 6.72. The quantitative estimate of drug-likeness (QED) is 0.900. The zero-order chi connectivity index (χ0) is 13.9. The van der Waals surface area contributed by atoms with Gasteiger partial charge in [0.25, 0.3) is 0 Å². The predicted molar refractivity (Wildman–Crippen MR) is 70.2 cm³/mol. The number of furan rings is 1. The molecule has 19 heavy (non-hydrogen) atoms. The molecule has 1 aromatic rings. The van der Waals surface area contributed by atoms with E-state index in [1.165, 1.54) is 0 Å². The minimum absolute atomic E-state index is 0.00421. The fourth-order valence-corrected chi connectivity index (χ4v) is 2.51. The molecule has 2 heterocycles. The summed E-state index contributed by atoms with van der Waals surface area (Å²) < 4.78 is 5.03. The minimum atomic E-state index is -0.753. The van der Waals surface area contributed by atoms with Gasteiger partial charge in [-0.05, 0) is 18.9 Å². The zero-order valence-corrected chi connectivity index (χ0v) is 11.4. The van der Waals surface area contributed by atoms with E-state index in [2.05, 4.69) is 5.32 Å². The zero-order valence-electron chi connectivity index (χ0n) is 11.4. The summed E-state index contributed by atoms with van der Waals surface area (Å²) in [5.41, 5.74) is 0.195. The first kappa shape index (κ1) is 13.6. The first-order chi connectivity index (χ1) is 9.11. The lowest BCUT2D eigenvalue weighted by Crippen LogP contribution is -2.56. The monoisotopic (exact) mass is 264 g/mol. The lowest BCUT2D eigenvalue weighted by atomic mass is 9.91. The Labute approximate surface area is 113 Å². The van der Waals surface area contributed by atoms with E-state index in [0.717, 1.165) is 5.56 Å². The molecule has 0 aliphatic carbocycles. The van der Waals surface area contributed by atoms with Crippen LogP contribution >= 0.6 is 0 Å². The Hall–Kier alpha value is -1.78. The number of hydrogen-bond donors (Lipinski definition) is 1. The van der Waals surface area contributed by atoms with Crippen LogP contribution in [0.4, 0.5) is 0 Å². The highest BCUT2D eigenvalue weighted by molar-refractivity contribution is 5.93. The first-order valence-electron chi connectivity index (χ1n) is 6.72. The molecule has 0 saturated carbocycles. The van der Waals surface area contributed by atoms with Gasteiger partial charge in [0.2, 0.25) is 11.8 Å². The molecule has 1 aliphatic rings. The van der Waals surface area contributed by atoms with Gasteiger partial charge in [0.15, 0.2) is 0 Å². The molecule has 0 bridgehead atoms. The van der Waals surface area contributed by atoms with Crippen molar-refractivity contribution in [2.24, 2.45) is 0 Å². The molecule has 0 spiro atoms. The molecule has 1 aromatic heterocycles. The van der Waals surface area contributed by atoms with Crippen LogP contribution in [0.5, 0.6) is 0 Å². The molecule has 1 saturated heterocycles. The van der Waals surface area contributed by atoms with Crippen LogP contribution < -0.4 is 5.32 Å². The van der Waals surface area contributed by atoms with E-state index in [4.69, 9.17) is 4.42 Å². The van der Waals surface area contributed by atoms with Gasteiger partial charge in [0.05, 0.1) is 12.5 Å². The van der Waals surface area contributed by atoms with Crippen molar-refractivity contribution >= 4 is 11.8 Å². The molecule has 2 rings (SSSR count). The van der Waals surface area contributed by atoms with Gasteiger partial charge in [-0.2, -0.15) is 0 Å². The van der Waals surface area contributed by atoms with E-state index in [-0.39, 0.29) is 11.8 Å². The molecule has 0 unspecified atom stereocenters. The standard InChI is InChI=1S/C14H20N2O3/c1-3-14(4-2)13(18)16(7-5-12(17)15-14)9-11-6-8-19-10-11/h6,8,10H,3-5,7,9H2,1-2H3,(H,15,17). The summed E-state index contributed by atoms with van der Waals surface area (Å²) in [5.74, 6) is -0.0451. The second-order valence-corrected chi connectivity index (χ2v) is 4.95. The Kier molecular flexibility index (Phi) is 3.93. The summed E-state index contributed by atoms with van der Waals surface area (Å²) in [5, 5.41) is 2.90. The number of carbonyl (C=O) groups excluding carboxylic acids is 2. The third-order valence-electron chi connectivity index (χ3n) is 3.84. The van der Waals surface area contributed by atoms with Gasteiger partial charge in [0.1, 0.15) is 5.54 Å². The van der Waals surface area contributed by atoms with Gasteiger partial charge in [-0.15, -0.1) is 0 Å². The molecule has 0 atom stereocenters. The Morgan fingerprint density at radius 1 is 1.37 bits per heavy atom. The highest BCUT2D eigenvalue weighted by atomic mass is 16.3. The third kappa shape index (κ3) is 2.64. The van der Waals surface area contributed by atoms with E-state index in [9.17, 15) is 9.59 Å². The normalized spacial score (nSPS) is 19.2. The fourth-order valence-electron chi connectivity index (χ4n) is 2.51. The molecular formula is C14H20N2O3. The fraction of sp³-hybridized carbons (Fsp3) is 0.571. The van der Waals surface area contributed by atoms with Gasteiger partial charge < -0.3 is 14.6 Å². The second-order valence-electron chi connectivity index (χ2n) is 4.95. The maximum Gasteiger partial charge on any atom is 0.248 e. The Morgan fingerprint density at radius 2 is 2.11 bits per heavy atom. The van der Waals surface area contributed by atoms with E-state index < -0.39 is 5.54 Å². The van der Waals surface area contributed by atoms with E-state index >= 15 is 0 Å². The average Bonchev–Trinajstić information content (AvgIpc) is 2.89. The Bertz CT molecular complexity index is 449. The van der Waals surface area contributed by atoms with Crippen LogP contribution in [0.3, 0.4) is 0 Å². The molecule has 5 heteroatoms. The van der Waals surface area contributed by atoms with Gasteiger partial charge in [-0.1, -0.05) is 13.8 Å². The van der Waals surface area contributed by atoms with Crippen molar-refractivity contribution in [2.45, 2.75) is 45.2 Å². The molecule has 0 aromatic carbocycles. The number of nitrogens with one attached hydrogen (secondary N) is 1. The summed E-state index contributed by atoms with van der Waals surface area (Å²) in [6, 6.07) is 1.84. The van der Waals surface area contributed by atoms with Crippen LogP contribution in [-0.2, 0) is 16.1 Å². The number of nitrogens with zero attached hydrogens (tertiary/aromatic N) is 1. The topological polar surface area (TPSA) is 62.6 Å². The molecule has 1 aliphatic heterocycles. The second kappa shape index (κ2) is 5.47. The van der Waals surface area contributed by atoms with Crippen molar-refractivity contribution in [2.75, 3.05) is 6.54 Å². The highest BCUT2D eigenvalue weighted by Gasteiger charge is 2.41. The van der Waals surface area contributed by atoms with Crippen molar-refractivity contribution in [1.82, 2.24) is 10.2 Å². The summed E-state index contributed by atoms with van der Waals surface area (Å²) in [7, 11) is 0. The van der Waals surface area contributed by atoms with Crippen LogP contribution in [0, 0.1) is 0 Å². The van der Waals surface area contributed by atoms with Gasteiger partial charge in [0, 0.05) is 25.1 Å². The van der Waals surface area contributed by atoms with Crippen LogP contribution in [0.2, 0.25) is 0 Å². The van der Waals surface area contributed by atoms with E-state index in [0.29, 0.717) is 32.4 Å². The van der Waals surface area contributed by atoms with Crippen molar-refractivity contribution in [1.29, 1.82) is 0 Å². The van der Waals surface area contributed by atoms with Crippen LogP contribution in [0.15, 0.2) is 23.0 Å². The highest BCUT2D eigenvalue weighted by Crippen LogP contribution is 2.23. The molecule has 5 nitrogen and oxygen atoms in total. The summed E-state index contributed by atoms with van der Waals surface area (Å²) in [6.45, 7) is 4.82. The predicted octanol–water partition coefficient (Wildman–Crippen LogP) is 1.69. The lowest BCUT2D eigenvalue weighted by Gasteiger charge is -2.33. The molecule has 104 valence electrons. The van der Waals surface area contributed by atoms with Crippen LogP contribution in [0.1, 0.15) is 38.7 Å². The third-order valence-corrected chi connectivity index (χ3v) is 3.84. The van der Waals surface area contributed by atoms with Gasteiger partial charge >= 0.3 is 0 Å². The minimum Gasteiger partial charge on any atom is -0.472 e. The number of carbonyl (C=O) groups is 2. The number of rotatable bonds is 4. The Morgan fingerprint density at radius 3 is 2.68 bits per heavy atom. The van der Waals surface area contributed by atoms with E-state index in [1.807, 2.05) is 19.9 Å². The van der Waals surface area contributed by atoms with Crippen molar-refractivity contribution in [3.8, 4) is 0 Å². The molecule has 0 radical (unpaired) electrons. The summed E-state index contributed by atoms with van der Waals surface area (Å²) in [4.78, 5) is 26.2. The van der Waals surface area contributed by atoms with Crippen molar-refractivity contribution < 1.29 is 14.0 Å². The van der Waals surface area contributed by atoms with Gasteiger partial charge in [-0.25, -0.2) is 0 Å². The lowest BCUT2D eigenvalue weighted by molar-refractivity contribution is -0.139. The molecule has 1 N–H and O–H groups in total. The summed E-state index contributed by atoms with van der Waals surface area (Å²) in [6.07, 6.45) is 4.79. The van der Waals surface area contributed by atoms with Crippen LogP contribution in [-0.4, -0.2) is 28.8 Å². The molecule has 1 fully saturated rings. The van der Waals surface area contributed by atoms with Crippen molar-refractivity contribution in [3.63, 3.8) is 0 Å². The maximum atomic E-state index is 12.7. The van der Waals surface area contributed by atoms with Crippen molar-refractivity contribution in [3.05, 3.63) is 24.2 Å². The Balaban J connectivity index is 2.23. The van der Waals surface area contributed by atoms with E-state index in [1.54, 1.807) is 17.4 Å².